The lowest BCUT2D eigenvalue weighted by atomic mass is 9.80. The first-order chi connectivity index (χ1) is 6.76. The Morgan fingerprint density at radius 1 is 1.57 bits per heavy atom. The van der Waals surface area contributed by atoms with E-state index < -0.39 is 0 Å². The van der Waals surface area contributed by atoms with Crippen molar-refractivity contribution in [3.05, 3.63) is 22.4 Å². The highest BCUT2D eigenvalue weighted by Gasteiger charge is 2.27. The van der Waals surface area contributed by atoms with Crippen molar-refractivity contribution in [2.75, 3.05) is 13.2 Å². The molecule has 80 valence electrons. The normalized spacial score (nSPS) is 15.4. The van der Waals surface area contributed by atoms with Crippen LogP contribution in [0.3, 0.4) is 0 Å². The van der Waals surface area contributed by atoms with Gasteiger partial charge in [-0.1, -0.05) is 19.4 Å². The van der Waals surface area contributed by atoms with Crippen molar-refractivity contribution in [2.24, 2.45) is 11.1 Å². The molecule has 0 radical (unpaired) electrons. The lowest BCUT2D eigenvalue weighted by Crippen LogP contribution is -2.36. The summed E-state index contributed by atoms with van der Waals surface area (Å²) in [6.07, 6.45) is 2.98. The van der Waals surface area contributed by atoms with Gasteiger partial charge < -0.3 is 10.8 Å². The zero-order valence-corrected chi connectivity index (χ0v) is 9.52. The zero-order valence-electron chi connectivity index (χ0n) is 8.70. The summed E-state index contributed by atoms with van der Waals surface area (Å²) in [4.78, 5) is 1.32. The number of aliphatic hydroxyl groups is 1. The van der Waals surface area contributed by atoms with Crippen molar-refractivity contribution in [3.63, 3.8) is 0 Å². The topological polar surface area (TPSA) is 46.2 Å². The van der Waals surface area contributed by atoms with Crippen LogP contribution in [0, 0.1) is 5.41 Å². The van der Waals surface area contributed by atoms with E-state index in [4.69, 9.17) is 5.73 Å². The van der Waals surface area contributed by atoms with E-state index in [1.807, 2.05) is 6.07 Å². The van der Waals surface area contributed by atoms with Crippen LogP contribution >= 0.6 is 11.3 Å². The smallest absolute Gasteiger partial charge is 0.0503 e. The van der Waals surface area contributed by atoms with E-state index in [-0.39, 0.29) is 12.0 Å². The molecule has 1 aromatic heterocycles. The van der Waals surface area contributed by atoms with Crippen molar-refractivity contribution in [1.82, 2.24) is 0 Å². The number of rotatable bonds is 6. The molecule has 1 heterocycles. The number of hydrogen-bond acceptors (Lipinski definition) is 3. The molecule has 3 heteroatoms. The molecule has 0 saturated heterocycles. The summed E-state index contributed by atoms with van der Waals surface area (Å²) < 4.78 is 0. The molecule has 0 saturated carbocycles. The molecule has 0 amide bonds. The zero-order chi connectivity index (χ0) is 10.4. The summed E-state index contributed by atoms with van der Waals surface area (Å²) in [6.45, 7) is 2.89. The second kappa shape index (κ2) is 5.49. The van der Waals surface area contributed by atoms with E-state index in [2.05, 4.69) is 18.4 Å². The summed E-state index contributed by atoms with van der Waals surface area (Å²) >= 11 is 1.74. The first kappa shape index (κ1) is 11.7. The molecule has 1 rings (SSSR count). The molecule has 0 spiro atoms. The van der Waals surface area contributed by atoms with Crippen LogP contribution in [0.2, 0.25) is 0 Å². The Kier molecular flexibility index (Phi) is 4.58. The predicted molar refractivity (Wildman–Crippen MR) is 61.5 cm³/mol. The van der Waals surface area contributed by atoms with E-state index in [1.54, 1.807) is 11.3 Å². The van der Waals surface area contributed by atoms with Crippen LogP contribution in [0.15, 0.2) is 17.5 Å². The van der Waals surface area contributed by atoms with Crippen LogP contribution in [0.1, 0.15) is 24.6 Å². The van der Waals surface area contributed by atoms with Gasteiger partial charge in [0.1, 0.15) is 0 Å². The van der Waals surface area contributed by atoms with Gasteiger partial charge in [-0.3, -0.25) is 0 Å². The first-order valence-corrected chi connectivity index (χ1v) is 5.97. The molecule has 1 unspecified atom stereocenters. The van der Waals surface area contributed by atoms with E-state index in [1.165, 1.54) is 4.88 Å². The van der Waals surface area contributed by atoms with Gasteiger partial charge in [0, 0.05) is 16.8 Å². The molecule has 0 bridgehead atoms. The van der Waals surface area contributed by atoms with Crippen molar-refractivity contribution >= 4 is 11.3 Å². The Morgan fingerprint density at radius 3 is 2.79 bits per heavy atom. The SMILES string of the molecule is CCCC(CN)(CO)Cc1cccs1. The van der Waals surface area contributed by atoms with E-state index in [0.29, 0.717) is 6.54 Å². The average molecular weight is 213 g/mol. The van der Waals surface area contributed by atoms with Crippen LogP contribution in [0.25, 0.3) is 0 Å². The van der Waals surface area contributed by atoms with Gasteiger partial charge in [-0.15, -0.1) is 11.3 Å². The van der Waals surface area contributed by atoms with Crippen molar-refractivity contribution in [2.45, 2.75) is 26.2 Å². The van der Waals surface area contributed by atoms with Gasteiger partial charge >= 0.3 is 0 Å². The lowest BCUT2D eigenvalue weighted by molar-refractivity contribution is 0.122. The van der Waals surface area contributed by atoms with E-state index in [9.17, 15) is 5.11 Å². The second-order valence-corrected chi connectivity index (χ2v) is 4.90. The van der Waals surface area contributed by atoms with Gasteiger partial charge in [0.05, 0.1) is 6.61 Å². The predicted octanol–water partition coefficient (Wildman–Crippen LogP) is 2.03. The van der Waals surface area contributed by atoms with E-state index in [0.717, 1.165) is 19.3 Å². The summed E-state index contributed by atoms with van der Waals surface area (Å²) in [5, 5.41) is 11.5. The van der Waals surface area contributed by atoms with Gasteiger partial charge in [-0.05, 0) is 24.3 Å². The maximum absolute atomic E-state index is 9.43. The fraction of sp³-hybridized carbons (Fsp3) is 0.636. The van der Waals surface area contributed by atoms with E-state index >= 15 is 0 Å². The number of aliphatic hydroxyl groups excluding tert-OH is 1. The Labute approximate surface area is 89.8 Å². The van der Waals surface area contributed by atoms with Gasteiger partial charge in [-0.2, -0.15) is 0 Å². The minimum absolute atomic E-state index is 0.0976. The van der Waals surface area contributed by atoms with Gasteiger partial charge in [0.25, 0.3) is 0 Å². The van der Waals surface area contributed by atoms with Crippen LogP contribution in [0.4, 0.5) is 0 Å². The number of nitrogens with two attached hydrogens (primary N) is 1. The molecule has 1 aromatic rings. The van der Waals surface area contributed by atoms with Crippen LogP contribution in [-0.2, 0) is 6.42 Å². The molecule has 0 aromatic carbocycles. The summed E-state index contributed by atoms with van der Waals surface area (Å²) in [6, 6.07) is 4.16. The second-order valence-electron chi connectivity index (χ2n) is 3.87. The molecule has 3 N–H and O–H groups in total. The van der Waals surface area contributed by atoms with Gasteiger partial charge in [0.2, 0.25) is 0 Å². The van der Waals surface area contributed by atoms with Crippen molar-refractivity contribution in [1.29, 1.82) is 0 Å². The monoisotopic (exact) mass is 213 g/mol. The molecule has 2 nitrogen and oxygen atoms in total. The molecule has 0 aliphatic rings. The highest BCUT2D eigenvalue weighted by Crippen LogP contribution is 2.28. The Balaban J connectivity index is 2.67. The third kappa shape index (κ3) is 2.80. The largest absolute Gasteiger partial charge is 0.396 e. The Hall–Kier alpha value is -0.380. The summed E-state index contributed by atoms with van der Waals surface area (Å²) in [7, 11) is 0. The third-order valence-corrected chi connectivity index (χ3v) is 3.55. The highest BCUT2D eigenvalue weighted by atomic mass is 32.1. The average Bonchev–Trinajstić information content (AvgIpc) is 2.69. The van der Waals surface area contributed by atoms with Crippen LogP contribution in [-0.4, -0.2) is 18.3 Å². The quantitative estimate of drug-likeness (QED) is 0.759. The number of hydrogen-bond donors (Lipinski definition) is 2. The molecule has 14 heavy (non-hydrogen) atoms. The lowest BCUT2D eigenvalue weighted by Gasteiger charge is -2.29. The third-order valence-electron chi connectivity index (χ3n) is 2.68. The summed E-state index contributed by atoms with van der Waals surface area (Å²) in [5.74, 6) is 0. The van der Waals surface area contributed by atoms with Crippen molar-refractivity contribution in [3.8, 4) is 0 Å². The molecule has 1 atom stereocenters. The standard InChI is InChI=1S/C11H19NOS/c1-2-5-11(8-12,9-13)7-10-4-3-6-14-10/h3-4,6,13H,2,5,7-9,12H2,1H3. The minimum Gasteiger partial charge on any atom is -0.396 e. The van der Waals surface area contributed by atoms with Crippen LogP contribution < -0.4 is 5.73 Å². The number of thiophene rings is 1. The van der Waals surface area contributed by atoms with Gasteiger partial charge in [0.15, 0.2) is 0 Å². The summed E-state index contributed by atoms with van der Waals surface area (Å²) in [5.41, 5.74) is 5.67. The fourth-order valence-corrected chi connectivity index (χ4v) is 2.65. The highest BCUT2D eigenvalue weighted by molar-refractivity contribution is 7.09. The maximum Gasteiger partial charge on any atom is 0.0503 e. The Morgan fingerprint density at radius 2 is 2.36 bits per heavy atom. The maximum atomic E-state index is 9.43. The molecule has 0 aliphatic carbocycles. The fourth-order valence-electron chi connectivity index (χ4n) is 1.78. The van der Waals surface area contributed by atoms with Crippen molar-refractivity contribution < 1.29 is 5.11 Å². The first-order valence-electron chi connectivity index (χ1n) is 5.09. The molecular weight excluding hydrogens is 194 g/mol. The van der Waals surface area contributed by atoms with Gasteiger partial charge in [-0.25, -0.2) is 0 Å². The molecule has 0 aliphatic heterocycles. The molecular formula is C11H19NOS. The minimum atomic E-state index is -0.0976. The van der Waals surface area contributed by atoms with Crippen LogP contribution in [0.5, 0.6) is 0 Å². The Bertz CT molecular complexity index is 242. The molecule has 0 fully saturated rings.